The Morgan fingerprint density at radius 2 is 2.13 bits per heavy atom. The highest BCUT2D eigenvalue weighted by atomic mass is 35.5. The van der Waals surface area contributed by atoms with Gasteiger partial charge >= 0.3 is 0 Å². The number of amides is 1. The van der Waals surface area contributed by atoms with Gasteiger partial charge in [-0.2, -0.15) is 5.10 Å². The molecule has 1 atom stereocenters. The molecule has 1 amide bonds. The van der Waals surface area contributed by atoms with E-state index in [-0.39, 0.29) is 23.3 Å². The predicted molar refractivity (Wildman–Crippen MR) is 118 cm³/mol. The molecule has 1 aromatic carbocycles. The number of ether oxygens (including phenoxy) is 1. The number of halogens is 1. The molecular weight excluding hydrogens is 418 g/mol. The van der Waals surface area contributed by atoms with Crippen LogP contribution in [-0.4, -0.2) is 45.9 Å². The fraction of sp³-hybridized carbons (Fsp3) is 0.333. The summed E-state index contributed by atoms with van der Waals surface area (Å²) in [5, 5.41) is 11.4. The Morgan fingerprint density at radius 1 is 1.32 bits per heavy atom. The Morgan fingerprint density at radius 3 is 2.87 bits per heavy atom. The van der Waals surface area contributed by atoms with Crippen LogP contribution >= 0.6 is 11.6 Å². The minimum atomic E-state index is -0.388. The molecule has 0 spiro atoms. The number of methoxy groups -OCH3 is 1. The summed E-state index contributed by atoms with van der Waals surface area (Å²) in [5.74, 6) is 0.784. The van der Waals surface area contributed by atoms with Gasteiger partial charge in [0.15, 0.2) is 0 Å². The number of nitrogen functional groups attached to an aromatic ring is 1. The van der Waals surface area contributed by atoms with E-state index in [1.165, 1.54) is 12.5 Å². The van der Waals surface area contributed by atoms with Gasteiger partial charge in [-0.1, -0.05) is 11.6 Å². The van der Waals surface area contributed by atoms with Crippen molar-refractivity contribution < 1.29 is 9.53 Å². The zero-order valence-electron chi connectivity index (χ0n) is 17.1. The van der Waals surface area contributed by atoms with Gasteiger partial charge in [0.1, 0.15) is 23.5 Å². The number of carbonyl (C=O) groups excluding carboxylic acids is 1. The van der Waals surface area contributed by atoms with Gasteiger partial charge < -0.3 is 21.1 Å². The SMILES string of the molecule is COc1cc(Cl)cc(C(C2CCNCC2)n2cc(NC(=O)c3cncnc3N)cn2)c1. The molecule has 1 unspecified atom stereocenters. The lowest BCUT2D eigenvalue weighted by Crippen LogP contribution is -2.33. The van der Waals surface area contributed by atoms with Crippen LogP contribution in [0, 0.1) is 5.92 Å². The van der Waals surface area contributed by atoms with Crippen molar-refractivity contribution >= 4 is 29.0 Å². The molecule has 4 rings (SSSR count). The zero-order chi connectivity index (χ0) is 21.8. The summed E-state index contributed by atoms with van der Waals surface area (Å²) in [6.07, 6.45) is 8.12. The molecule has 1 saturated heterocycles. The lowest BCUT2D eigenvalue weighted by Gasteiger charge is -2.31. The maximum absolute atomic E-state index is 12.6. The maximum atomic E-state index is 12.6. The van der Waals surface area contributed by atoms with Gasteiger partial charge in [0, 0.05) is 17.4 Å². The minimum absolute atomic E-state index is 0.0505. The molecule has 31 heavy (non-hydrogen) atoms. The summed E-state index contributed by atoms with van der Waals surface area (Å²) in [7, 11) is 1.62. The average Bonchev–Trinajstić information content (AvgIpc) is 3.22. The molecule has 2 aromatic heterocycles. The molecule has 0 bridgehead atoms. The number of piperidine rings is 1. The molecule has 9 nitrogen and oxygen atoms in total. The van der Waals surface area contributed by atoms with Crippen LogP contribution in [0.5, 0.6) is 5.75 Å². The molecular formula is C21H24ClN7O2. The van der Waals surface area contributed by atoms with Crippen molar-refractivity contribution in [3.63, 3.8) is 0 Å². The van der Waals surface area contributed by atoms with E-state index in [2.05, 4.69) is 25.7 Å². The molecule has 162 valence electrons. The fourth-order valence-corrected chi connectivity index (χ4v) is 4.17. The van der Waals surface area contributed by atoms with E-state index in [1.807, 2.05) is 23.0 Å². The van der Waals surface area contributed by atoms with Gasteiger partial charge in [-0.15, -0.1) is 0 Å². The van der Waals surface area contributed by atoms with Crippen LogP contribution in [0.2, 0.25) is 5.02 Å². The third-order valence-electron chi connectivity index (χ3n) is 5.43. The number of carbonyl (C=O) groups is 1. The molecule has 0 aliphatic carbocycles. The molecule has 3 heterocycles. The largest absolute Gasteiger partial charge is 0.497 e. The molecule has 10 heteroatoms. The number of nitrogens with two attached hydrogens (primary N) is 1. The molecule has 1 aliphatic heterocycles. The first-order valence-corrected chi connectivity index (χ1v) is 10.4. The van der Waals surface area contributed by atoms with Crippen LogP contribution < -0.4 is 21.1 Å². The average molecular weight is 442 g/mol. The molecule has 1 aliphatic rings. The summed E-state index contributed by atoms with van der Waals surface area (Å²) in [6.45, 7) is 1.88. The molecule has 0 radical (unpaired) electrons. The third kappa shape index (κ3) is 4.78. The van der Waals surface area contributed by atoms with Gasteiger partial charge in [-0.25, -0.2) is 9.97 Å². The Labute approximate surface area is 185 Å². The second-order valence-corrected chi connectivity index (χ2v) is 7.88. The Bertz CT molecular complexity index is 1070. The van der Waals surface area contributed by atoms with Crippen molar-refractivity contribution in [2.75, 3.05) is 31.2 Å². The standard InChI is InChI=1S/C21H24ClN7O2/c1-31-17-7-14(6-15(22)8-17)19(13-2-4-24-5-3-13)29-11-16(9-27-29)28-21(30)18-10-25-12-26-20(18)23/h6-13,19,24H,2-5H2,1H3,(H,28,30)(H2,23,25,26). The van der Waals surface area contributed by atoms with Crippen LogP contribution in [0.4, 0.5) is 11.5 Å². The number of nitrogens with one attached hydrogen (secondary N) is 2. The van der Waals surface area contributed by atoms with Gasteiger partial charge in [0.2, 0.25) is 0 Å². The topological polar surface area (TPSA) is 120 Å². The summed E-state index contributed by atoms with van der Waals surface area (Å²) < 4.78 is 7.30. The van der Waals surface area contributed by atoms with Crippen LogP contribution in [0.15, 0.2) is 43.1 Å². The Balaban J connectivity index is 1.64. The van der Waals surface area contributed by atoms with E-state index in [4.69, 9.17) is 22.1 Å². The van der Waals surface area contributed by atoms with Gasteiger partial charge in [0.25, 0.3) is 5.91 Å². The first-order chi connectivity index (χ1) is 15.0. The van der Waals surface area contributed by atoms with Gasteiger partial charge in [-0.3, -0.25) is 9.48 Å². The lowest BCUT2D eigenvalue weighted by molar-refractivity contribution is 0.102. The van der Waals surface area contributed by atoms with Crippen molar-refractivity contribution in [2.24, 2.45) is 5.92 Å². The number of aromatic nitrogens is 4. The van der Waals surface area contributed by atoms with Crippen molar-refractivity contribution in [1.82, 2.24) is 25.1 Å². The number of hydrogen-bond acceptors (Lipinski definition) is 7. The summed E-state index contributed by atoms with van der Waals surface area (Å²) in [5.41, 5.74) is 7.56. The highest BCUT2D eigenvalue weighted by Gasteiger charge is 2.28. The van der Waals surface area contributed by atoms with E-state index in [9.17, 15) is 4.79 Å². The van der Waals surface area contributed by atoms with Crippen molar-refractivity contribution in [2.45, 2.75) is 18.9 Å². The van der Waals surface area contributed by atoms with Crippen molar-refractivity contribution in [1.29, 1.82) is 0 Å². The zero-order valence-corrected chi connectivity index (χ0v) is 17.8. The normalized spacial score (nSPS) is 15.4. The summed E-state index contributed by atoms with van der Waals surface area (Å²) in [4.78, 5) is 20.3. The highest BCUT2D eigenvalue weighted by molar-refractivity contribution is 6.30. The predicted octanol–water partition coefficient (Wildman–Crippen LogP) is 2.76. The molecule has 4 N–H and O–H groups in total. The van der Waals surface area contributed by atoms with E-state index in [0.717, 1.165) is 31.5 Å². The molecule has 0 saturated carbocycles. The van der Waals surface area contributed by atoms with Crippen LogP contribution in [-0.2, 0) is 0 Å². The quantitative estimate of drug-likeness (QED) is 0.537. The number of benzene rings is 1. The van der Waals surface area contributed by atoms with Crippen LogP contribution in [0.25, 0.3) is 0 Å². The smallest absolute Gasteiger partial charge is 0.261 e. The van der Waals surface area contributed by atoms with Gasteiger partial charge in [-0.05, 0) is 55.6 Å². The summed E-state index contributed by atoms with van der Waals surface area (Å²) in [6, 6.07) is 5.66. The highest BCUT2D eigenvalue weighted by Crippen LogP contribution is 2.36. The van der Waals surface area contributed by atoms with E-state index in [0.29, 0.717) is 22.4 Å². The van der Waals surface area contributed by atoms with Crippen molar-refractivity contribution in [3.8, 4) is 5.75 Å². The second-order valence-electron chi connectivity index (χ2n) is 7.44. The van der Waals surface area contributed by atoms with Crippen LogP contribution in [0.3, 0.4) is 0 Å². The number of anilines is 2. The summed E-state index contributed by atoms with van der Waals surface area (Å²) >= 11 is 6.35. The Kier molecular flexibility index (Phi) is 6.34. The van der Waals surface area contributed by atoms with E-state index >= 15 is 0 Å². The second kappa shape index (κ2) is 9.32. The number of hydrogen-bond donors (Lipinski definition) is 3. The Hall–Kier alpha value is -3.17. The van der Waals surface area contributed by atoms with E-state index < -0.39 is 0 Å². The van der Waals surface area contributed by atoms with E-state index in [1.54, 1.807) is 19.4 Å². The third-order valence-corrected chi connectivity index (χ3v) is 5.65. The monoisotopic (exact) mass is 441 g/mol. The first-order valence-electron chi connectivity index (χ1n) is 10.0. The minimum Gasteiger partial charge on any atom is -0.497 e. The lowest BCUT2D eigenvalue weighted by atomic mass is 9.86. The fourth-order valence-electron chi connectivity index (χ4n) is 3.94. The van der Waals surface area contributed by atoms with Crippen molar-refractivity contribution in [3.05, 3.63) is 59.3 Å². The molecule has 1 fully saturated rings. The number of rotatable bonds is 6. The maximum Gasteiger partial charge on any atom is 0.261 e. The number of nitrogens with zero attached hydrogens (tertiary/aromatic N) is 4. The molecule has 3 aromatic rings. The van der Waals surface area contributed by atoms with Crippen LogP contribution in [0.1, 0.15) is 34.8 Å². The van der Waals surface area contributed by atoms with Gasteiger partial charge in [0.05, 0.1) is 25.0 Å². The first kappa shape index (κ1) is 21.1.